The zero-order valence-electron chi connectivity index (χ0n) is 14.3. The van der Waals surface area contributed by atoms with Crippen LogP contribution in [0.2, 0.25) is 0 Å². The van der Waals surface area contributed by atoms with Gasteiger partial charge in [0, 0.05) is 4.47 Å². The summed E-state index contributed by atoms with van der Waals surface area (Å²) < 4.78 is 6.51. The third-order valence-electron chi connectivity index (χ3n) is 3.78. The maximum absolute atomic E-state index is 12.6. The number of imide groups is 1. The highest BCUT2D eigenvalue weighted by Gasteiger charge is 2.34. The highest BCUT2D eigenvalue weighted by atomic mass is 79.9. The van der Waals surface area contributed by atoms with E-state index in [0.717, 1.165) is 39.5 Å². The number of thioether (sulfide) groups is 1. The van der Waals surface area contributed by atoms with E-state index in [1.165, 1.54) is 4.90 Å². The Kier molecular flexibility index (Phi) is 6.16. The van der Waals surface area contributed by atoms with Gasteiger partial charge in [-0.15, -0.1) is 0 Å². The Labute approximate surface area is 165 Å². The molecule has 0 radical (unpaired) electrons. The van der Waals surface area contributed by atoms with Crippen molar-refractivity contribution in [2.24, 2.45) is 0 Å². The molecule has 1 fully saturated rings. The number of benzene rings is 2. The summed E-state index contributed by atoms with van der Waals surface area (Å²) in [6, 6.07) is 15.1. The van der Waals surface area contributed by atoms with E-state index in [1.807, 2.05) is 48.5 Å². The fourth-order valence-electron chi connectivity index (χ4n) is 2.44. The minimum absolute atomic E-state index is 0.243. The average Bonchev–Trinajstić information content (AvgIpc) is 2.90. The Hall–Kier alpha value is -2.05. The van der Waals surface area contributed by atoms with Gasteiger partial charge in [0.25, 0.3) is 11.1 Å². The third-order valence-corrected chi connectivity index (χ3v) is 5.21. The minimum atomic E-state index is -0.255. The van der Waals surface area contributed by atoms with E-state index in [9.17, 15) is 9.59 Å². The molecule has 0 spiro atoms. The predicted molar refractivity (Wildman–Crippen MR) is 108 cm³/mol. The number of hydrogen-bond acceptors (Lipinski definition) is 4. The van der Waals surface area contributed by atoms with E-state index in [4.69, 9.17) is 4.74 Å². The molecule has 0 aliphatic carbocycles. The molecule has 0 unspecified atom stereocenters. The molecule has 1 aliphatic rings. The molecular weight excluding hydrogens is 414 g/mol. The summed E-state index contributed by atoms with van der Waals surface area (Å²) in [6.45, 7) is 3.01. The number of hydrogen-bond donors (Lipinski definition) is 0. The highest BCUT2D eigenvalue weighted by molar-refractivity contribution is 9.10. The molecule has 0 N–H and O–H groups in total. The molecule has 2 aromatic rings. The van der Waals surface area contributed by atoms with Gasteiger partial charge in [-0.3, -0.25) is 14.5 Å². The van der Waals surface area contributed by atoms with Gasteiger partial charge in [0.15, 0.2) is 0 Å². The van der Waals surface area contributed by atoms with Gasteiger partial charge in [-0.25, -0.2) is 0 Å². The summed E-state index contributed by atoms with van der Waals surface area (Å²) in [7, 11) is 0. The lowest BCUT2D eigenvalue weighted by atomic mass is 10.2. The van der Waals surface area contributed by atoms with Crippen LogP contribution in [0.25, 0.3) is 6.08 Å². The smallest absolute Gasteiger partial charge is 0.293 e. The van der Waals surface area contributed by atoms with Crippen molar-refractivity contribution < 1.29 is 14.3 Å². The summed E-state index contributed by atoms with van der Waals surface area (Å²) in [4.78, 5) is 26.5. The molecule has 1 saturated heterocycles. The van der Waals surface area contributed by atoms with Gasteiger partial charge in [-0.1, -0.05) is 47.1 Å². The number of amides is 2. The van der Waals surface area contributed by atoms with Crippen molar-refractivity contribution in [1.82, 2.24) is 4.90 Å². The SMILES string of the molecule is CCCOc1ccc(/C=C2\SC(=O)N(Cc3ccc(Br)cc3)C2=O)cc1. The van der Waals surface area contributed by atoms with E-state index in [1.54, 1.807) is 6.08 Å². The van der Waals surface area contributed by atoms with E-state index >= 15 is 0 Å². The standard InChI is InChI=1S/C20H18BrNO3S/c1-2-11-25-17-9-5-14(6-10-17)12-18-19(23)22(20(24)26-18)13-15-3-7-16(21)8-4-15/h3-10,12H,2,11,13H2,1H3/b18-12-. The Morgan fingerprint density at radius 1 is 1.08 bits per heavy atom. The maximum atomic E-state index is 12.6. The van der Waals surface area contributed by atoms with E-state index in [0.29, 0.717) is 11.5 Å². The molecule has 0 bridgehead atoms. The molecule has 1 aliphatic heterocycles. The second kappa shape index (κ2) is 8.56. The fraction of sp³-hybridized carbons (Fsp3) is 0.200. The molecular formula is C20H18BrNO3S. The molecule has 2 aromatic carbocycles. The van der Waals surface area contributed by atoms with E-state index < -0.39 is 0 Å². The normalized spacial score (nSPS) is 15.8. The number of carbonyl (C=O) groups is 2. The second-order valence-electron chi connectivity index (χ2n) is 5.81. The van der Waals surface area contributed by atoms with Crippen LogP contribution in [0.5, 0.6) is 5.75 Å². The van der Waals surface area contributed by atoms with Crippen LogP contribution in [0.15, 0.2) is 57.9 Å². The van der Waals surface area contributed by atoms with E-state index in [2.05, 4.69) is 22.9 Å². The second-order valence-corrected chi connectivity index (χ2v) is 7.72. The molecule has 0 atom stereocenters. The molecule has 0 saturated carbocycles. The Morgan fingerprint density at radius 2 is 1.77 bits per heavy atom. The van der Waals surface area contributed by atoms with Gasteiger partial charge in [0.1, 0.15) is 5.75 Å². The summed E-state index contributed by atoms with van der Waals surface area (Å²) in [5, 5.41) is -0.243. The Morgan fingerprint density at radius 3 is 2.42 bits per heavy atom. The highest BCUT2D eigenvalue weighted by Crippen LogP contribution is 2.33. The molecule has 1 heterocycles. The van der Waals surface area contributed by atoms with Crippen molar-refractivity contribution in [3.63, 3.8) is 0 Å². The number of nitrogens with zero attached hydrogens (tertiary/aromatic N) is 1. The van der Waals surface area contributed by atoms with Gasteiger partial charge in [-0.2, -0.15) is 0 Å². The van der Waals surface area contributed by atoms with Crippen molar-refractivity contribution in [2.45, 2.75) is 19.9 Å². The summed E-state index contributed by atoms with van der Waals surface area (Å²) in [6.07, 6.45) is 2.70. The van der Waals surface area contributed by atoms with Crippen molar-refractivity contribution in [2.75, 3.05) is 6.61 Å². The van der Waals surface area contributed by atoms with Crippen LogP contribution >= 0.6 is 27.7 Å². The van der Waals surface area contributed by atoms with Gasteiger partial charge >= 0.3 is 0 Å². The molecule has 3 rings (SSSR count). The topological polar surface area (TPSA) is 46.6 Å². The molecule has 0 aromatic heterocycles. The van der Waals surface area contributed by atoms with Gasteiger partial charge < -0.3 is 4.74 Å². The van der Waals surface area contributed by atoms with E-state index in [-0.39, 0.29) is 17.7 Å². The van der Waals surface area contributed by atoms with Crippen LogP contribution in [0, 0.1) is 0 Å². The van der Waals surface area contributed by atoms with Crippen LogP contribution in [0.1, 0.15) is 24.5 Å². The van der Waals surface area contributed by atoms with Crippen molar-refractivity contribution in [3.8, 4) is 5.75 Å². The number of halogens is 1. The lowest BCUT2D eigenvalue weighted by Crippen LogP contribution is -2.27. The average molecular weight is 432 g/mol. The molecule has 6 heteroatoms. The minimum Gasteiger partial charge on any atom is -0.494 e. The van der Waals surface area contributed by atoms with Gasteiger partial charge in [-0.05, 0) is 59.7 Å². The van der Waals surface area contributed by atoms with Crippen LogP contribution in [-0.2, 0) is 11.3 Å². The monoisotopic (exact) mass is 431 g/mol. The summed E-state index contributed by atoms with van der Waals surface area (Å²) in [5.74, 6) is 0.543. The van der Waals surface area contributed by atoms with Crippen LogP contribution in [0.3, 0.4) is 0 Å². The largest absolute Gasteiger partial charge is 0.494 e. The lowest BCUT2D eigenvalue weighted by molar-refractivity contribution is -0.123. The maximum Gasteiger partial charge on any atom is 0.293 e. The third kappa shape index (κ3) is 4.56. The summed E-state index contributed by atoms with van der Waals surface area (Å²) in [5.41, 5.74) is 1.78. The first-order valence-corrected chi connectivity index (χ1v) is 9.90. The van der Waals surface area contributed by atoms with Gasteiger partial charge in [0.2, 0.25) is 0 Å². The quantitative estimate of drug-likeness (QED) is 0.568. The molecule has 4 nitrogen and oxygen atoms in total. The Bertz CT molecular complexity index is 831. The van der Waals surface area contributed by atoms with Crippen molar-refractivity contribution in [3.05, 3.63) is 69.0 Å². The molecule has 134 valence electrons. The predicted octanol–water partition coefficient (Wildman–Crippen LogP) is 5.47. The first kappa shape index (κ1) is 18.7. The van der Waals surface area contributed by atoms with Crippen molar-refractivity contribution in [1.29, 1.82) is 0 Å². The Balaban J connectivity index is 1.71. The molecule has 26 heavy (non-hydrogen) atoms. The number of ether oxygens (including phenoxy) is 1. The first-order valence-electron chi connectivity index (χ1n) is 8.29. The fourth-order valence-corrected chi connectivity index (χ4v) is 3.54. The summed E-state index contributed by atoms with van der Waals surface area (Å²) >= 11 is 4.35. The van der Waals surface area contributed by atoms with Crippen LogP contribution in [-0.4, -0.2) is 22.7 Å². The van der Waals surface area contributed by atoms with Crippen molar-refractivity contribution >= 4 is 44.9 Å². The zero-order valence-corrected chi connectivity index (χ0v) is 16.7. The number of rotatable bonds is 6. The van der Waals surface area contributed by atoms with Crippen LogP contribution < -0.4 is 4.74 Å². The zero-order chi connectivity index (χ0) is 18.5. The van der Waals surface area contributed by atoms with Gasteiger partial charge in [0.05, 0.1) is 18.1 Å². The van der Waals surface area contributed by atoms with Crippen LogP contribution in [0.4, 0.5) is 4.79 Å². The first-order chi connectivity index (χ1) is 12.6. The molecule has 2 amide bonds. The number of carbonyl (C=O) groups excluding carboxylic acids is 2. The lowest BCUT2D eigenvalue weighted by Gasteiger charge is -2.12.